The van der Waals surface area contributed by atoms with Crippen molar-refractivity contribution in [2.45, 2.75) is 32.4 Å². The van der Waals surface area contributed by atoms with Gasteiger partial charge in [0.05, 0.1) is 10.9 Å². The molecule has 1 aromatic carbocycles. The second-order valence-electron chi connectivity index (χ2n) is 6.39. The highest BCUT2D eigenvalue weighted by molar-refractivity contribution is 7.16. The van der Waals surface area contributed by atoms with E-state index in [1.54, 1.807) is 24.3 Å². The monoisotopic (exact) mass is 391 g/mol. The molecule has 7 heteroatoms. The minimum Gasteiger partial charge on any atom is -0.349 e. The van der Waals surface area contributed by atoms with E-state index in [0.717, 1.165) is 28.6 Å². The molecule has 0 saturated heterocycles. The van der Waals surface area contributed by atoms with Crippen molar-refractivity contribution in [3.05, 3.63) is 51.2 Å². The molecule has 0 radical (unpaired) electrons. The van der Waals surface area contributed by atoms with Gasteiger partial charge < -0.3 is 10.6 Å². The van der Waals surface area contributed by atoms with Gasteiger partial charge in [-0.3, -0.25) is 14.5 Å². The average molecular weight is 392 g/mol. The van der Waals surface area contributed by atoms with Gasteiger partial charge in [-0.05, 0) is 49.7 Å². The molecule has 0 atom stereocenters. The Morgan fingerprint density at radius 2 is 2.08 bits per heavy atom. The number of rotatable bonds is 8. The number of carbonyl (C=O) groups is 2. The molecule has 26 heavy (non-hydrogen) atoms. The molecule has 1 heterocycles. The van der Waals surface area contributed by atoms with Crippen molar-refractivity contribution in [3.63, 3.8) is 0 Å². The zero-order valence-corrected chi connectivity index (χ0v) is 16.2. The van der Waals surface area contributed by atoms with E-state index < -0.39 is 0 Å². The van der Waals surface area contributed by atoms with E-state index in [9.17, 15) is 9.59 Å². The van der Waals surface area contributed by atoms with Gasteiger partial charge in [-0.25, -0.2) is 0 Å². The third kappa shape index (κ3) is 5.56. The summed E-state index contributed by atoms with van der Waals surface area (Å²) in [4.78, 5) is 27.7. The minimum absolute atomic E-state index is 0.0895. The van der Waals surface area contributed by atoms with Gasteiger partial charge in [0.1, 0.15) is 0 Å². The Balaban J connectivity index is 1.55. The second-order valence-corrected chi connectivity index (χ2v) is 8.19. The topological polar surface area (TPSA) is 61.4 Å². The van der Waals surface area contributed by atoms with E-state index in [0.29, 0.717) is 23.8 Å². The van der Waals surface area contributed by atoms with Crippen molar-refractivity contribution in [1.82, 2.24) is 10.2 Å². The fourth-order valence-electron chi connectivity index (χ4n) is 2.57. The van der Waals surface area contributed by atoms with Crippen LogP contribution in [-0.4, -0.2) is 35.8 Å². The van der Waals surface area contributed by atoms with Gasteiger partial charge in [-0.1, -0.05) is 24.6 Å². The van der Waals surface area contributed by atoms with Crippen molar-refractivity contribution in [2.24, 2.45) is 0 Å². The van der Waals surface area contributed by atoms with Crippen molar-refractivity contribution in [1.29, 1.82) is 0 Å². The molecule has 1 aliphatic rings. The number of hydrogen-bond donors (Lipinski definition) is 2. The summed E-state index contributed by atoms with van der Waals surface area (Å²) in [6.07, 6.45) is 2.09. The summed E-state index contributed by atoms with van der Waals surface area (Å²) in [6.45, 7) is 3.74. The van der Waals surface area contributed by atoms with Gasteiger partial charge >= 0.3 is 0 Å². The molecule has 5 nitrogen and oxygen atoms in total. The number of amides is 2. The summed E-state index contributed by atoms with van der Waals surface area (Å²) in [6, 6.07) is 11.2. The maximum absolute atomic E-state index is 12.4. The summed E-state index contributed by atoms with van der Waals surface area (Å²) in [7, 11) is 0. The van der Waals surface area contributed by atoms with Crippen LogP contribution in [0.2, 0.25) is 4.34 Å². The smallest absolute Gasteiger partial charge is 0.251 e. The summed E-state index contributed by atoms with van der Waals surface area (Å²) in [5, 5.41) is 5.83. The molecule has 0 unspecified atom stereocenters. The maximum atomic E-state index is 12.4. The van der Waals surface area contributed by atoms with Gasteiger partial charge in [0, 0.05) is 28.7 Å². The minimum atomic E-state index is -0.103. The van der Waals surface area contributed by atoms with E-state index in [-0.39, 0.29) is 18.4 Å². The molecule has 2 aromatic rings. The average Bonchev–Trinajstić information content (AvgIpc) is 3.34. The van der Waals surface area contributed by atoms with Gasteiger partial charge in [0.25, 0.3) is 5.91 Å². The molecule has 2 amide bonds. The number of carbonyl (C=O) groups excluding carboxylic acids is 2. The fourth-order valence-corrected chi connectivity index (χ4v) is 3.70. The first-order valence-electron chi connectivity index (χ1n) is 8.71. The van der Waals surface area contributed by atoms with Gasteiger partial charge in [0.15, 0.2) is 0 Å². The molecule has 0 spiro atoms. The van der Waals surface area contributed by atoms with Crippen LogP contribution in [0, 0.1) is 0 Å². The molecule has 2 N–H and O–H groups in total. The molecule has 1 saturated carbocycles. The molecule has 138 valence electrons. The highest BCUT2D eigenvalue weighted by Crippen LogP contribution is 2.23. The Hall–Kier alpha value is -1.89. The van der Waals surface area contributed by atoms with Crippen LogP contribution in [0.25, 0.3) is 0 Å². The SMILES string of the molecule is CCN(CC(=O)Nc1cccc(C(=O)NC2CC2)c1)Cc1ccc(Cl)s1. The number of hydrogen-bond acceptors (Lipinski definition) is 4. The third-order valence-electron chi connectivity index (χ3n) is 4.14. The lowest BCUT2D eigenvalue weighted by atomic mass is 10.2. The Bertz CT molecular complexity index is 789. The summed E-state index contributed by atoms with van der Waals surface area (Å²) >= 11 is 7.49. The highest BCUT2D eigenvalue weighted by atomic mass is 35.5. The molecular formula is C19H22ClN3O2S. The van der Waals surface area contributed by atoms with Crippen LogP contribution in [0.3, 0.4) is 0 Å². The molecule has 1 aromatic heterocycles. The number of nitrogens with zero attached hydrogens (tertiary/aromatic N) is 1. The van der Waals surface area contributed by atoms with Crippen LogP contribution in [0.15, 0.2) is 36.4 Å². The van der Waals surface area contributed by atoms with Gasteiger partial charge in [-0.2, -0.15) is 0 Å². The molecule has 1 aliphatic carbocycles. The number of anilines is 1. The standard InChI is InChI=1S/C19H22ClN3O2S/c1-2-23(11-16-8-9-17(20)26-16)12-18(24)21-15-5-3-4-13(10-15)19(25)22-14-6-7-14/h3-5,8-10,14H,2,6-7,11-12H2,1H3,(H,21,24)(H,22,25). The predicted octanol–water partition coefficient (Wildman–Crippen LogP) is 3.75. The van der Waals surface area contributed by atoms with E-state index in [1.807, 2.05) is 24.0 Å². The van der Waals surface area contributed by atoms with Crippen LogP contribution in [0.4, 0.5) is 5.69 Å². The zero-order valence-electron chi connectivity index (χ0n) is 14.6. The summed E-state index contributed by atoms with van der Waals surface area (Å²) in [5.41, 5.74) is 1.20. The lowest BCUT2D eigenvalue weighted by molar-refractivity contribution is -0.117. The van der Waals surface area contributed by atoms with Crippen molar-refractivity contribution < 1.29 is 9.59 Å². The van der Waals surface area contributed by atoms with Crippen LogP contribution in [0.1, 0.15) is 35.0 Å². The van der Waals surface area contributed by atoms with E-state index in [2.05, 4.69) is 10.6 Å². The molecule has 0 aliphatic heterocycles. The lowest BCUT2D eigenvalue weighted by Crippen LogP contribution is -2.32. The van der Waals surface area contributed by atoms with Crippen LogP contribution >= 0.6 is 22.9 Å². The maximum Gasteiger partial charge on any atom is 0.251 e. The van der Waals surface area contributed by atoms with Crippen molar-refractivity contribution in [2.75, 3.05) is 18.4 Å². The number of thiophene rings is 1. The zero-order chi connectivity index (χ0) is 18.5. The fraction of sp³-hybridized carbons (Fsp3) is 0.368. The Labute approximate surface area is 162 Å². The molecule has 1 fully saturated rings. The number of likely N-dealkylation sites (N-methyl/N-ethyl adjacent to an activating group) is 1. The predicted molar refractivity (Wildman–Crippen MR) is 106 cm³/mol. The van der Waals surface area contributed by atoms with E-state index in [4.69, 9.17) is 11.6 Å². The Morgan fingerprint density at radius 3 is 2.73 bits per heavy atom. The number of halogens is 1. The summed E-state index contributed by atoms with van der Waals surface area (Å²) in [5.74, 6) is -0.192. The summed E-state index contributed by atoms with van der Waals surface area (Å²) < 4.78 is 0.752. The number of benzene rings is 1. The third-order valence-corrected chi connectivity index (χ3v) is 5.36. The molecule has 3 rings (SSSR count). The highest BCUT2D eigenvalue weighted by Gasteiger charge is 2.23. The van der Waals surface area contributed by atoms with Gasteiger partial charge in [0.2, 0.25) is 5.91 Å². The number of nitrogens with one attached hydrogen (secondary N) is 2. The lowest BCUT2D eigenvalue weighted by Gasteiger charge is -2.19. The first-order chi connectivity index (χ1) is 12.5. The first kappa shape index (κ1) is 18.9. The van der Waals surface area contributed by atoms with E-state index in [1.165, 1.54) is 11.3 Å². The van der Waals surface area contributed by atoms with Crippen LogP contribution in [-0.2, 0) is 11.3 Å². The quantitative estimate of drug-likeness (QED) is 0.720. The second kappa shape index (κ2) is 8.66. The van der Waals surface area contributed by atoms with E-state index >= 15 is 0 Å². The molecular weight excluding hydrogens is 370 g/mol. The largest absolute Gasteiger partial charge is 0.349 e. The van der Waals surface area contributed by atoms with Crippen LogP contribution < -0.4 is 10.6 Å². The van der Waals surface area contributed by atoms with Gasteiger partial charge in [-0.15, -0.1) is 11.3 Å². The van der Waals surface area contributed by atoms with Crippen LogP contribution in [0.5, 0.6) is 0 Å². The molecule has 0 bridgehead atoms. The first-order valence-corrected chi connectivity index (χ1v) is 9.90. The Morgan fingerprint density at radius 1 is 1.27 bits per heavy atom. The normalized spacial score (nSPS) is 13.7. The Kier molecular flexibility index (Phi) is 6.29. The van der Waals surface area contributed by atoms with Crippen molar-refractivity contribution in [3.8, 4) is 0 Å². The van der Waals surface area contributed by atoms with Crippen molar-refractivity contribution >= 4 is 40.4 Å².